The Morgan fingerprint density at radius 2 is 1.94 bits per heavy atom. The second-order valence-electron chi connectivity index (χ2n) is 3.41. The maximum atomic E-state index is 11.3. The zero-order chi connectivity index (χ0) is 12.7. The van der Waals surface area contributed by atoms with Crippen LogP contribution in [0.4, 0.5) is 0 Å². The third kappa shape index (κ3) is 5.30. The highest BCUT2D eigenvalue weighted by Gasteiger charge is 2.21. The summed E-state index contributed by atoms with van der Waals surface area (Å²) in [6, 6.07) is -1.70. The summed E-state index contributed by atoms with van der Waals surface area (Å²) < 4.78 is 0. The van der Waals surface area contributed by atoms with E-state index in [1.165, 1.54) is 0 Å². The molecule has 7 heteroatoms. The molecule has 0 aromatic carbocycles. The summed E-state index contributed by atoms with van der Waals surface area (Å²) in [5.41, 5.74) is 10.5. The maximum Gasteiger partial charge on any atom is 0.303 e. The summed E-state index contributed by atoms with van der Waals surface area (Å²) in [5, 5.41) is 10.8. The molecule has 0 aliphatic carbocycles. The number of carboxylic acids is 1. The standard InChI is InChI=1S/C9H17N3O4/c1-2-5(10)9(16)12-6(8(11)15)3-4-7(13)14/h5-6H,2-4,10H2,1H3,(H2,11,15)(H,12,16)(H,13,14)/t5?,6-/m1/s1. The van der Waals surface area contributed by atoms with Gasteiger partial charge in [0.15, 0.2) is 0 Å². The molecule has 92 valence electrons. The molecule has 16 heavy (non-hydrogen) atoms. The van der Waals surface area contributed by atoms with Crippen molar-refractivity contribution in [3.05, 3.63) is 0 Å². The number of rotatable bonds is 7. The van der Waals surface area contributed by atoms with Crippen LogP contribution < -0.4 is 16.8 Å². The first-order valence-corrected chi connectivity index (χ1v) is 4.95. The fourth-order valence-corrected chi connectivity index (χ4v) is 1.02. The molecule has 0 bridgehead atoms. The molecule has 0 saturated carbocycles. The van der Waals surface area contributed by atoms with Gasteiger partial charge in [-0.2, -0.15) is 0 Å². The van der Waals surface area contributed by atoms with E-state index in [1.54, 1.807) is 6.92 Å². The second kappa shape index (κ2) is 6.78. The minimum atomic E-state index is -1.06. The van der Waals surface area contributed by atoms with Crippen molar-refractivity contribution in [2.45, 2.75) is 38.3 Å². The molecule has 0 heterocycles. The smallest absolute Gasteiger partial charge is 0.303 e. The average molecular weight is 231 g/mol. The lowest BCUT2D eigenvalue weighted by Gasteiger charge is -2.16. The summed E-state index contributed by atoms with van der Waals surface area (Å²) >= 11 is 0. The van der Waals surface area contributed by atoms with E-state index in [0.29, 0.717) is 6.42 Å². The molecule has 2 amide bonds. The molecule has 0 rings (SSSR count). The highest BCUT2D eigenvalue weighted by atomic mass is 16.4. The maximum absolute atomic E-state index is 11.3. The van der Waals surface area contributed by atoms with Gasteiger partial charge in [-0.1, -0.05) is 6.92 Å². The number of carboxylic acid groups (broad SMARTS) is 1. The fraction of sp³-hybridized carbons (Fsp3) is 0.667. The number of carbonyl (C=O) groups excluding carboxylic acids is 2. The first-order valence-electron chi connectivity index (χ1n) is 4.95. The van der Waals surface area contributed by atoms with Gasteiger partial charge in [-0.05, 0) is 12.8 Å². The predicted molar refractivity (Wildman–Crippen MR) is 56.3 cm³/mol. The summed E-state index contributed by atoms with van der Waals surface area (Å²) in [4.78, 5) is 32.6. The van der Waals surface area contributed by atoms with Crippen LogP contribution in [0, 0.1) is 0 Å². The summed E-state index contributed by atoms with van der Waals surface area (Å²) in [6.45, 7) is 1.72. The van der Waals surface area contributed by atoms with Crippen LogP contribution in [-0.4, -0.2) is 35.0 Å². The summed E-state index contributed by atoms with van der Waals surface area (Å²) in [7, 11) is 0. The first-order chi connectivity index (χ1) is 7.38. The molecule has 0 aromatic heterocycles. The van der Waals surface area contributed by atoms with E-state index in [-0.39, 0.29) is 12.8 Å². The number of hydrogen-bond acceptors (Lipinski definition) is 4. The monoisotopic (exact) mass is 231 g/mol. The lowest BCUT2D eigenvalue weighted by atomic mass is 10.1. The molecule has 0 saturated heterocycles. The number of primary amides is 1. The number of amides is 2. The number of nitrogens with one attached hydrogen (secondary N) is 1. The SMILES string of the molecule is CCC(N)C(=O)N[C@H](CCC(=O)O)C(N)=O. The van der Waals surface area contributed by atoms with Gasteiger partial charge in [0.2, 0.25) is 11.8 Å². The van der Waals surface area contributed by atoms with Crippen LogP contribution in [-0.2, 0) is 14.4 Å². The molecule has 0 aliphatic rings. The third-order valence-corrected chi connectivity index (χ3v) is 2.08. The van der Waals surface area contributed by atoms with Gasteiger partial charge in [0.1, 0.15) is 6.04 Å². The van der Waals surface area contributed by atoms with Gasteiger partial charge in [0.05, 0.1) is 6.04 Å². The number of nitrogens with two attached hydrogens (primary N) is 2. The Bertz CT molecular complexity index is 280. The first kappa shape index (κ1) is 14.4. The van der Waals surface area contributed by atoms with E-state index >= 15 is 0 Å². The molecule has 0 aromatic rings. The lowest BCUT2D eigenvalue weighted by molar-refractivity contribution is -0.137. The molecule has 0 spiro atoms. The number of carbonyl (C=O) groups is 3. The van der Waals surface area contributed by atoms with Gasteiger partial charge in [-0.25, -0.2) is 0 Å². The second-order valence-corrected chi connectivity index (χ2v) is 3.41. The molecule has 2 atom stereocenters. The minimum Gasteiger partial charge on any atom is -0.481 e. The van der Waals surface area contributed by atoms with Crippen molar-refractivity contribution in [2.75, 3.05) is 0 Å². The van der Waals surface area contributed by atoms with Crippen molar-refractivity contribution in [2.24, 2.45) is 11.5 Å². The van der Waals surface area contributed by atoms with Crippen molar-refractivity contribution in [3.8, 4) is 0 Å². The summed E-state index contributed by atoms with van der Waals surface area (Å²) in [5.74, 6) is -2.32. The van der Waals surface area contributed by atoms with Gasteiger partial charge in [0, 0.05) is 6.42 Å². The largest absolute Gasteiger partial charge is 0.481 e. The van der Waals surface area contributed by atoms with Crippen molar-refractivity contribution in [3.63, 3.8) is 0 Å². The summed E-state index contributed by atoms with van der Waals surface area (Å²) in [6.07, 6.45) is 0.151. The third-order valence-electron chi connectivity index (χ3n) is 2.08. The Morgan fingerprint density at radius 3 is 2.31 bits per heavy atom. The van der Waals surface area contributed by atoms with Crippen LogP contribution in [0.15, 0.2) is 0 Å². The Labute approximate surface area is 93.2 Å². The van der Waals surface area contributed by atoms with Crippen LogP contribution in [0.1, 0.15) is 26.2 Å². The normalized spacial score (nSPS) is 13.9. The average Bonchev–Trinajstić information content (AvgIpc) is 2.21. The van der Waals surface area contributed by atoms with E-state index in [0.717, 1.165) is 0 Å². The fourth-order valence-electron chi connectivity index (χ4n) is 1.02. The van der Waals surface area contributed by atoms with Gasteiger partial charge in [-0.15, -0.1) is 0 Å². The van der Waals surface area contributed by atoms with Crippen LogP contribution in [0.2, 0.25) is 0 Å². The van der Waals surface area contributed by atoms with E-state index < -0.39 is 29.9 Å². The van der Waals surface area contributed by atoms with Crippen LogP contribution in [0.5, 0.6) is 0 Å². The molecule has 0 radical (unpaired) electrons. The molecular weight excluding hydrogens is 214 g/mol. The molecule has 6 N–H and O–H groups in total. The lowest BCUT2D eigenvalue weighted by Crippen LogP contribution is -2.50. The number of aliphatic carboxylic acids is 1. The highest BCUT2D eigenvalue weighted by Crippen LogP contribution is 1.98. The van der Waals surface area contributed by atoms with E-state index in [1.807, 2.05) is 0 Å². The van der Waals surface area contributed by atoms with Crippen molar-refractivity contribution >= 4 is 17.8 Å². The topological polar surface area (TPSA) is 136 Å². The van der Waals surface area contributed by atoms with E-state index in [2.05, 4.69) is 5.32 Å². The Kier molecular flexibility index (Phi) is 6.09. The van der Waals surface area contributed by atoms with Crippen molar-refractivity contribution < 1.29 is 19.5 Å². The Hall–Kier alpha value is -1.63. The van der Waals surface area contributed by atoms with Crippen LogP contribution >= 0.6 is 0 Å². The predicted octanol–water partition coefficient (Wildman–Crippen LogP) is -1.44. The van der Waals surface area contributed by atoms with Crippen molar-refractivity contribution in [1.82, 2.24) is 5.32 Å². The Morgan fingerprint density at radius 1 is 1.38 bits per heavy atom. The molecular formula is C9H17N3O4. The Balaban J connectivity index is 4.28. The van der Waals surface area contributed by atoms with E-state index in [9.17, 15) is 14.4 Å². The van der Waals surface area contributed by atoms with Gasteiger partial charge < -0.3 is 21.9 Å². The highest BCUT2D eigenvalue weighted by molar-refractivity contribution is 5.89. The number of hydrogen-bond donors (Lipinski definition) is 4. The van der Waals surface area contributed by atoms with Crippen LogP contribution in [0.3, 0.4) is 0 Å². The molecule has 0 aliphatic heterocycles. The van der Waals surface area contributed by atoms with Gasteiger partial charge in [-0.3, -0.25) is 14.4 Å². The quantitative estimate of drug-likeness (QED) is 0.425. The van der Waals surface area contributed by atoms with Crippen LogP contribution in [0.25, 0.3) is 0 Å². The van der Waals surface area contributed by atoms with Gasteiger partial charge >= 0.3 is 5.97 Å². The molecule has 7 nitrogen and oxygen atoms in total. The van der Waals surface area contributed by atoms with Crippen molar-refractivity contribution in [1.29, 1.82) is 0 Å². The minimum absolute atomic E-state index is 0.0349. The molecule has 1 unspecified atom stereocenters. The van der Waals surface area contributed by atoms with E-state index in [4.69, 9.17) is 16.6 Å². The zero-order valence-electron chi connectivity index (χ0n) is 9.10. The zero-order valence-corrected chi connectivity index (χ0v) is 9.10. The van der Waals surface area contributed by atoms with Gasteiger partial charge in [0.25, 0.3) is 0 Å². The molecule has 0 fully saturated rings.